The summed E-state index contributed by atoms with van der Waals surface area (Å²) in [6, 6.07) is 8.85. The van der Waals surface area contributed by atoms with Crippen molar-refractivity contribution in [3.05, 3.63) is 62.3 Å². The van der Waals surface area contributed by atoms with Crippen LogP contribution in [0.2, 0.25) is 5.02 Å². The molecule has 5 rings (SSSR count). The van der Waals surface area contributed by atoms with E-state index in [1.54, 1.807) is 4.68 Å². The minimum absolute atomic E-state index is 0. The van der Waals surface area contributed by atoms with Gasteiger partial charge in [0.05, 0.1) is 36.5 Å². The van der Waals surface area contributed by atoms with Gasteiger partial charge in [-0.25, -0.2) is 4.98 Å². The smallest absolute Gasteiger partial charge is 0.305 e. The van der Waals surface area contributed by atoms with Crippen molar-refractivity contribution in [2.24, 2.45) is 0 Å². The third-order valence-electron chi connectivity index (χ3n) is 7.72. The van der Waals surface area contributed by atoms with Crippen LogP contribution in [0, 0.1) is 13.8 Å². The molecule has 2 atom stereocenters. The van der Waals surface area contributed by atoms with Crippen molar-refractivity contribution >= 4 is 41.3 Å². The fourth-order valence-corrected chi connectivity index (χ4v) is 6.74. The average Bonchev–Trinajstić information content (AvgIpc) is 3.51. The first-order valence-electron chi connectivity index (χ1n) is 13.0. The Kier molecular flexibility index (Phi) is 9.81. The molecule has 0 radical (unpaired) electrons. The Morgan fingerprint density at radius 2 is 1.92 bits per heavy atom. The number of rotatable bonds is 8. The highest BCUT2D eigenvalue weighted by atomic mass is 35.5. The Bertz CT molecular complexity index is 1190. The highest BCUT2D eigenvalue weighted by Gasteiger charge is 2.37. The van der Waals surface area contributed by atoms with Crippen molar-refractivity contribution in [2.45, 2.75) is 83.0 Å². The first kappa shape index (κ1) is 29.0. The molecule has 0 spiro atoms. The van der Waals surface area contributed by atoms with Gasteiger partial charge in [0.25, 0.3) is 0 Å². The summed E-state index contributed by atoms with van der Waals surface area (Å²) < 4.78 is 7.93. The van der Waals surface area contributed by atoms with Gasteiger partial charge in [-0.3, -0.25) is 14.4 Å². The van der Waals surface area contributed by atoms with Gasteiger partial charge in [0.2, 0.25) is 0 Å². The molecule has 206 valence electrons. The molecule has 0 bridgehead atoms. The predicted molar refractivity (Wildman–Crippen MR) is 150 cm³/mol. The summed E-state index contributed by atoms with van der Waals surface area (Å²) in [6.07, 6.45) is 7.15. The Morgan fingerprint density at radius 1 is 1.18 bits per heavy atom. The van der Waals surface area contributed by atoms with Crippen LogP contribution in [0.3, 0.4) is 0 Å². The molecule has 1 aromatic carbocycles. The molecule has 2 fully saturated rings. The zero-order valence-corrected chi connectivity index (χ0v) is 24.1. The molecule has 3 aromatic rings. The Labute approximate surface area is 238 Å². The van der Waals surface area contributed by atoms with Crippen LogP contribution >= 0.6 is 35.3 Å². The van der Waals surface area contributed by atoms with Crippen molar-refractivity contribution in [3.8, 4) is 0 Å². The van der Waals surface area contributed by atoms with Crippen molar-refractivity contribution in [1.82, 2.24) is 24.9 Å². The number of ether oxygens (including phenoxy) is 1. The van der Waals surface area contributed by atoms with Gasteiger partial charge in [0.1, 0.15) is 11.8 Å². The van der Waals surface area contributed by atoms with E-state index in [1.807, 2.05) is 29.7 Å². The second-order valence-corrected chi connectivity index (χ2v) is 11.9. The zero-order valence-electron chi connectivity index (χ0n) is 21.8. The second-order valence-electron chi connectivity index (χ2n) is 10.3. The number of aryl methyl sites for hydroxylation is 3. The number of carboxylic acids is 1. The molecule has 8 nitrogen and oxygen atoms in total. The van der Waals surface area contributed by atoms with E-state index in [1.165, 1.54) is 15.4 Å². The van der Waals surface area contributed by atoms with E-state index in [2.05, 4.69) is 41.2 Å². The Balaban J connectivity index is 0.00000336. The monoisotopic (exact) mass is 579 g/mol. The average molecular weight is 581 g/mol. The molecule has 0 amide bonds. The van der Waals surface area contributed by atoms with Gasteiger partial charge >= 0.3 is 5.97 Å². The van der Waals surface area contributed by atoms with Crippen molar-refractivity contribution in [1.29, 1.82) is 0 Å². The van der Waals surface area contributed by atoms with E-state index in [9.17, 15) is 4.79 Å². The van der Waals surface area contributed by atoms with Gasteiger partial charge in [0, 0.05) is 34.4 Å². The summed E-state index contributed by atoms with van der Waals surface area (Å²) in [5.74, 6) is -0.296. The lowest BCUT2D eigenvalue weighted by Crippen LogP contribution is -2.53. The number of aromatic nitrogens is 4. The summed E-state index contributed by atoms with van der Waals surface area (Å²) in [5.41, 5.74) is 3.18. The largest absolute Gasteiger partial charge is 0.481 e. The second kappa shape index (κ2) is 12.9. The van der Waals surface area contributed by atoms with Gasteiger partial charge < -0.3 is 9.84 Å². The molecule has 1 aliphatic heterocycles. The summed E-state index contributed by atoms with van der Waals surface area (Å²) in [4.78, 5) is 19.7. The normalized spacial score (nSPS) is 24.2. The van der Waals surface area contributed by atoms with E-state index in [0.29, 0.717) is 25.1 Å². The zero-order chi connectivity index (χ0) is 25.9. The number of carboxylic acid groups (broad SMARTS) is 1. The van der Waals surface area contributed by atoms with Crippen LogP contribution in [-0.2, 0) is 22.5 Å². The minimum atomic E-state index is -0.846. The molecule has 1 saturated carbocycles. The summed E-state index contributed by atoms with van der Waals surface area (Å²) in [6.45, 7) is 5.93. The number of carbonyl (C=O) groups is 1. The third kappa shape index (κ3) is 6.93. The van der Waals surface area contributed by atoms with Crippen LogP contribution in [0.25, 0.3) is 0 Å². The molecule has 3 heterocycles. The summed E-state index contributed by atoms with van der Waals surface area (Å²) in [5, 5.41) is 19.5. The van der Waals surface area contributed by atoms with E-state index in [-0.39, 0.29) is 31.0 Å². The SMILES string of the molecule is Cc1nc(C2CCC(N3C[C@H](c4cn(CCC(=O)O)nn4)OC[C@@H]3Cc3ccc(Cl)cc3)CC2)sc1C.Cl. The molecule has 1 aliphatic carbocycles. The number of halogens is 2. The van der Waals surface area contributed by atoms with Crippen molar-refractivity contribution in [2.75, 3.05) is 13.2 Å². The number of thiazole rings is 1. The van der Waals surface area contributed by atoms with Crippen LogP contribution in [-0.4, -0.2) is 61.2 Å². The van der Waals surface area contributed by atoms with Crippen LogP contribution in [0.1, 0.15) is 71.0 Å². The summed E-state index contributed by atoms with van der Waals surface area (Å²) >= 11 is 7.98. The Hall–Kier alpha value is -2.04. The molecule has 11 heteroatoms. The topological polar surface area (TPSA) is 93.4 Å². The molecule has 1 N–H and O–H groups in total. The van der Waals surface area contributed by atoms with E-state index >= 15 is 0 Å². The lowest BCUT2D eigenvalue weighted by molar-refractivity contribution is -0.137. The van der Waals surface area contributed by atoms with Crippen LogP contribution in [0.4, 0.5) is 0 Å². The standard InChI is InChI=1S/C27H34ClN5O3S.ClH/c1-17-18(2)37-27(29-17)20-5-9-22(10-6-20)33-15-25(24-14-32(31-30-24)12-11-26(34)35)36-16-23(33)13-19-3-7-21(28)8-4-19;/h3-4,7-8,14,20,22-23,25H,5-6,9-13,15-16H2,1-2H3,(H,34,35);1H/t20?,22?,23-,25+;/m0./s1. The molecular weight excluding hydrogens is 545 g/mol. The molecule has 0 unspecified atom stereocenters. The van der Waals surface area contributed by atoms with Crippen LogP contribution < -0.4 is 0 Å². The third-order valence-corrected chi connectivity index (χ3v) is 9.21. The fourth-order valence-electron chi connectivity index (χ4n) is 5.52. The number of nitrogens with zero attached hydrogens (tertiary/aromatic N) is 5. The first-order valence-corrected chi connectivity index (χ1v) is 14.2. The van der Waals surface area contributed by atoms with Crippen LogP contribution in [0.15, 0.2) is 30.5 Å². The lowest BCUT2D eigenvalue weighted by atomic mass is 9.84. The number of hydrogen-bond donors (Lipinski definition) is 1. The lowest BCUT2D eigenvalue weighted by Gasteiger charge is -2.46. The van der Waals surface area contributed by atoms with Gasteiger partial charge in [-0.1, -0.05) is 28.9 Å². The van der Waals surface area contributed by atoms with Crippen LogP contribution in [0.5, 0.6) is 0 Å². The van der Waals surface area contributed by atoms with Gasteiger partial charge in [-0.05, 0) is 63.6 Å². The van der Waals surface area contributed by atoms with E-state index < -0.39 is 5.97 Å². The molecule has 2 aromatic heterocycles. The number of morpholine rings is 1. The minimum Gasteiger partial charge on any atom is -0.481 e. The van der Waals surface area contributed by atoms with E-state index in [0.717, 1.165) is 55.1 Å². The maximum atomic E-state index is 10.9. The molecular formula is C27H35Cl2N5O3S. The van der Waals surface area contributed by atoms with E-state index in [4.69, 9.17) is 26.4 Å². The fraction of sp³-hybridized carbons (Fsp3) is 0.556. The highest BCUT2D eigenvalue weighted by molar-refractivity contribution is 7.11. The maximum Gasteiger partial charge on any atom is 0.305 e. The van der Waals surface area contributed by atoms with Crippen molar-refractivity contribution in [3.63, 3.8) is 0 Å². The maximum absolute atomic E-state index is 10.9. The van der Waals surface area contributed by atoms with Gasteiger partial charge in [-0.2, -0.15) is 0 Å². The predicted octanol–water partition coefficient (Wildman–Crippen LogP) is 5.61. The van der Waals surface area contributed by atoms with Gasteiger partial charge in [0.15, 0.2) is 0 Å². The first-order chi connectivity index (χ1) is 17.9. The van der Waals surface area contributed by atoms with Crippen molar-refractivity contribution < 1.29 is 14.6 Å². The Morgan fingerprint density at radius 3 is 2.58 bits per heavy atom. The summed E-state index contributed by atoms with van der Waals surface area (Å²) in [7, 11) is 0. The molecule has 2 aliphatic rings. The highest BCUT2D eigenvalue weighted by Crippen LogP contribution is 2.39. The number of benzene rings is 1. The number of hydrogen-bond acceptors (Lipinski definition) is 7. The quantitative estimate of drug-likeness (QED) is 0.370. The molecule has 1 saturated heterocycles. The van der Waals surface area contributed by atoms with Gasteiger partial charge in [-0.15, -0.1) is 28.8 Å². The molecule has 38 heavy (non-hydrogen) atoms. The number of aliphatic carboxylic acids is 1.